The molecule has 7 heteroatoms. The molecule has 1 aromatic carbocycles. The zero-order valence-electron chi connectivity index (χ0n) is 12.8. The molecule has 0 aromatic heterocycles. The highest BCUT2D eigenvalue weighted by Crippen LogP contribution is 2.29. The normalized spacial score (nSPS) is 13.2. The maximum absolute atomic E-state index is 11.5. The maximum atomic E-state index is 11.5. The van der Waals surface area contributed by atoms with Crippen LogP contribution < -0.4 is 5.32 Å². The average Bonchev–Trinajstić information content (AvgIpc) is 2.38. The summed E-state index contributed by atoms with van der Waals surface area (Å²) in [4.78, 5) is 10.6. The highest BCUT2D eigenvalue weighted by Gasteiger charge is 2.21. The molecule has 0 heterocycles. The van der Waals surface area contributed by atoms with Crippen molar-refractivity contribution in [2.24, 2.45) is 5.92 Å². The molecule has 0 bridgehead atoms. The van der Waals surface area contributed by atoms with E-state index in [0.29, 0.717) is 11.6 Å². The fourth-order valence-corrected chi connectivity index (χ4v) is 3.02. The van der Waals surface area contributed by atoms with Crippen LogP contribution in [0, 0.1) is 16.0 Å². The predicted octanol–water partition coefficient (Wildman–Crippen LogP) is 3.23. The van der Waals surface area contributed by atoms with Gasteiger partial charge in [-0.3, -0.25) is 10.1 Å². The molecular weight excluding hydrogens is 292 g/mol. The first-order valence-electron chi connectivity index (χ1n) is 6.95. The standard InChI is InChI=1S/C14H22N2O4S/c1-5-11(6-2)10(3)15-13-8-7-12(21(4,19)20)9-14(13)16(17)18/h7-11,15H,5-6H2,1-4H3. The lowest BCUT2D eigenvalue weighted by molar-refractivity contribution is -0.384. The lowest BCUT2D eigenvalue weighted by Crippen LogP contribution is -2.25. The molecule has 21 heavy (non-hydrogen) atoms. The van der Waals surface area contributed by atoms with Crippen LogP contribution in [0.5, 0.6) is 0 Å². The van der Waals surface area contributed by atoms with Gasteiger partial charge >= 0.3 is 0 Å². The average molecular weight is 314 g/mol. The van der Waals surface area contributed by atoms with Gasteiger partial charge in [0.15, 0.2) is 9.84 Å². The topological polar surface area (TPSA) is 89.3 Å². The minimum absolute atomic E-state index is 0.0464. The van der Waals surface area contributed by atoms with Gasteiger partial charge in [0.05, 0.1) is 9.82 Å². The number of nitro benzene ring substituents is 1. The first-order chi connectivity index (χ1) is 9.70. The van der Waals surface area contributed by atoms with Crippen molar-refractivity contribution >= 4 is 21.2 Å². The van der Waals surface area contributed by atoms with E-state index >= 15 is 0 Å². The summed E-state index contributed by atoms with van der Waals surface area (Å²) in [5, 5.41) is 14.3. The van der Waals surface area contributed by atoms with Crippen LogP contribution in [0.2, 0.25) is 0 Å². The van der Waals surface area contributed by atoms with Gasteiger partial charge in [-0.2, -0.15) is 0 Å². The van der Waals surface area contributed by atoms with Crippen molar-refractivity contribution in [3.05, 3.63) is 28.3 Å². The van der Waals surface area contributed by atoms with Crippen LogP contribution in [0.25, 0.3) is 0 Å². The fourth-order valence-electron chi connectivity index (χ4n) is 2.37. The lowest BCUT2D eigenvalue weighted by Gasteiger charge is -2.23. The molecule has 0 saturated carbocycles. The Labute approximate surface area is 125 Å². The maximum Gasteiger partial charge on any atom is 0.293 e. The highest BCUT2D eigenvalue weighted by molar-refractivity contribution is 7.90. The van der Waals surface area contributed by atoms with Crippen LogP contribution in [0.1, 0.15) is 33.6 Å². The smallest absolute Gasteiger partial charge is 0.293 e. The van der Waals surface area contributed by atoms with E-state index in [0.717, 1.165) is 25.2 Å². The third-order valence-corrected chi connectivity index (χ3v) is 4.84. The molecule has 0 saturated heterocycles. The first-order valence-corrected chi connectivity index (χ1v) is 8.84. The monoisotopic (exact) mass is 314 g/mol. The van der Waals surface area contributed by atoms with Gasteiger partial charge in [-0.05, 0) is 25.0 Å². The molecule has 118 valence electrons. The Morgan fingerprint density at radius 1 is 1.29 bits per heavy atom. The Hall–Kier alpha value is -1.63. The molecule has 0 fully saturated rings. The van der Waals surface area contributed by atoms with Gasteiger partial charge in [0.2, 0.25) is 0 Å². The number of benzene rings is 1. The van der Waals surface area contributed by atoms with Crippen LogP contribution in [0.15, 0.2) is 23.1 Å². The first kappa shape index (κ1) is 17.4. The summed E-state index contributed by atoms with van der Waals surface area (Å²) in [6.45, 7) is 6.13. The summed E-state index contributed by atoms with van der Waals surface area (Å²) >= 11 is 0. The molecule has 1 aromatic rings. The van der Waals surface area contributed by atoms with Crippen LogP contribution in [0.4, 0.5) is 11.4 Å². The third kappa shape index (κ3) is 4.42. The molecule has 1 unspecified atom stereocenters. The molecule has 1 N–H and O–H groups in total. The number of hydrogen-bond acceptors (Lipinski definition) is 5. The van der Waals surface area contributed by atoms with Gasteiger partial charge in [0.25, 0.3) is 5.69 Å². The summed E-state index contributed by atoms with van der Waals surface area (Å²) in [5.74, 6) is 0.402. The van der Waals surface area contributed by atoms with Crippen molar-refractivity contribution in [3.63, 3.8) is 0 Å². The van der Waals surface area contributed by atoms with E-state index in [1.807, 2.05) is 6.92 Å². The van der Waals surface area contributed by atoms with Crippen molar-refractivity contribution in [2.75, 3.05) is 11.6 Å². The van der Waals surface area contributed by atoms with Crippen molar-refractivity contribution in [3.8, 4) is 0 Å². The van der Waals surface area contributed by atoms with E-state index < -0.39 is 14.8 Å². The number of nitrogens with one attached hydrogen (secondary N) is 1. The van der Waals surface area contributed by atoms with Crippen molar-refractivity contribution in [1.29, 1.82) is 0 Å². The number of nitrogens with zero attached hydrogens (tertiary/aromatic N) is 1. The Morgan fingerprint density at radius 2 is 1.86 bits per heavy atom. The molecule has 1 rings (SSSR count). The molecule has 1 atom stereocenters. The molecule has 0 amide bonds. The van der Waals surface area contributed by atoms with E-state index in [-0.39, 0.29) is 16.6 Å². The molecule has 0 aliphatic rings. The van der Waals surface area contributed by atoms with E-state index in [1.165, 1.54) is 12.1 Å². The Morgan fingerprint density at radius 3 is 2.29 bits per heavy atom. The molecular formula is C14H22N2O4S. The third-order valence-electron chi connectivity index (χ3n) is 3.73. The van der Waals surface area contributed by atoms with Crippen LogP contribution in [-0.2, 0) is 9.84 Å². The van der Waals surface area contributed by atoms with Gasteiger partial charge in [-0.15, -0.1) is 0 Å². The Bertz CT molecular complexity index is 609. The second-order valence-corrected chi connectivity index (χ2v) is 7.23. The number of anilines is 1. The second-order valence-electron chi connectivity index (χ2n) is 5.22. The van der Waals surface area contributed by atoms with E-state index in [1.54, 1.807) is 0 Å². The summed E-state index contributed by atoms with van der Waals surface area (Å²) in [6.07, 6.45) is 2.98. The van der Waals surface area contributed by atoms with Crippen molar-refractivity contribution < 1.29 is 13.3 Å². The number of sulfone groups is 1. The molecule has 0 radical (unpaired) electrons. The molecule has 6 nitrogen and oxygen atoms in total. The van der Waals surface area contributed by atoms with Crippen molar-refractivity contribution in [1.82, 2.24) is 0 Å². The Kier molecular flexibility index (Phi) is 5.71. The van der Waals surface area contributed by atoms with Crippen molar-refractivity contribution in [2.45, 2.75) is 44.6 Å². The van der Waals surface area contributed by atoms with Gasteiger partial charge in [0.1, 0.15) is 5.69 Å². The summed E-state index contributed by atoms with van der Waals surface area (Å²) in [5.41, 5.74) is 0.141. The quantitative estimate of drug-likeness (QED) is 0.616. The lowest BCUT2D eigenvalue weighted by atomic mass is 9.95. The number of rotatable bonds is 7. The minimum atomic E-state index is -3.46. The van der Waals surface area contributed by atoms with E-state index in [4.69, 9.17) is 0 Å². The minimum Gasteiger partial charge on any atom is -0.377 e. The number of hydrogen-bond donors (Lipinski definition) is 1. The SMILES string of the molecule is CCC(CC)C(C)Nc1ccc(S(C)(=O)=O)cc1[N+](=O)[O-]. The zero-order valence-corrected chi connectivity index (χ0v) is 13.6. The van der Waals surface area contributed by atoms with Gasteiger partial charge in [0, 0.05) is 18.4 Å². The largest absolute Gasteiger partial charge is 0.377 e. The summed E-state index contributed by atoms with van der Waals surface area (Å²) < 4.78 is 23.0. The van der Waals surface area contributed by atoms with Crippen LogP contribution in [-0.4, -0.2) is 25.6 Å². The predicted molar refractivity (Wildman–Crippen MR) is 83.4 cm³/mol. The summed E-state index contributed by atoms with van der Waals surface area (Å²) in [7, 11) is -3.46. The van der Waals surface area contributed by atoms with Crippen LogP contribution >= 0.6 is 0 Å². The van der Waals surface area contributed by atoms with E-state index in [2.05, 4.69) is 19.2 Å². The Balaban J connectivity index is 3.16. The second kappa shape index (κ2) is 6.89. The van der Waals surface area contributed by atoms with Gasteiger partial charge in [-0.1, -0.05) is 26.7 Å². The summed E-state index contributed by atoms with van der Waals surface area (Å²) in [6, 6.07) is 4.04. The van der Waals surface area contributed by atoms with Gasteiger partial charge < -0.3 is 5.32 Å². The highest BCUT2D eigenvalue weighted by atomic mass is 32.2. The number of nitro groups is 1. The molecule has 0 spiro atoms. The zero-order chi connectivity index (χ0) is 16.2. The van der Waals surface area contributed by atoms with E-state index in [9.17, 15) is 18.5 Å². The molecule has 0 aliphatic carbocycles. The van der Waals surface area contributed by atoms with Crippen LogP contribution in [0.3, 0.4) is 0 Å². The van der Waals surface area contributed by atoms with Gasteiger partial charge in [-0.25, -0.2) is 8.42 Å². The fraction of sp³-hybridized carbons (Fsp3) is 0.571. The molecule has 0 aliphatic heterocycles.